The van der Waals surface area contributed by atoms with Crippen LogP contribution in [0, 0.1) is 0 Å². The summed E-state index contributed by atoms with van der Waals surface area (Å²) in [6.45, 7) is 1.03. The van der Waals surface area contributed by atoms with Crippen molar-refractivity contribution in [3.05, 3.63) is 42.0 Å². The molecule has 0 heterocycles. The van der Waals surface area contributed by atoms with Gasteiger partial charge in [-0.15, -0.1) is 0 Å². The van der Waals surface area contributed by atoms with Gasteiger partial charge >= 0.3 is 23.9 Å². The normalized spacial score (nSPS) is 10.2. The second-order valence-corrected chi connectivity index (χ2v) is 4.56. The molecule has 1 aromatic rings. The quantitative estimate of drug-likeness (QED) is 0.296. The van der Waals surface area contributed by atoms with Gasteiger partial charge in [0.2, 0.25) is 0 Å². The molecule has 0 saturated heterocycles. The van der Waals surface area contributed by atoms with Crippen LogP contribution < -0.4 is 4.74 Å². The lowest BCUT2D eigenvalue weighted by molar-refractivity contribution is -0.165. The van der Waals surface area contributed by atoms with Gasteiger partial charge < -0.3 is 18.9 Å². The Hall–Kier alpha value is -3.16. The summed E-state index contributed by atoms with van der Waals surface area (Å²) >= 11 is 0. The molecule has 0 aromatic heterocycles. The summed E-state index contributed by atoms with van der Waals surface area (Å²) in [7, 11) is 1.52. The number of hydrogen-bond donors (Lipinski definition) is 0. The summed E-state index contributed by atoms with van der Waals surface area (Å²) in [5.74, 6) is -2.81. The molecule has 1 rings (SSSR count). The molecule has 0 aliphatic rings. The predicted molar refractivity (Wildman–Crippen MR) is 84.5 cm³/mol. The predicted octanol–water partition coefficient (Wildman–Crippen LogP) is 0.970. The molecule has 8 heteroatoms. The summed E-state index contributed by atoms with van der Waals surface area (Å²) in [6, 6.07) is 6.65. The summed E-state index contributed by atoms with van der Waals surface area (Å²) < 4.78 is 18.6. The third-order valence-electron chi connectivity index (χ3n) is 2.71. The molecule has 0 atom stereocenters. The first-order valence-electron chi connectivity index (χ1n) is 7.32. The molecule has 0 spiro atoms. The Labute approximate surface area is 144 Å². The van der Waals surface area contributed by atoms with Gasteiger partial charge in [-0.3, -0.25) is 4.79 Å². The van der Waals surface area contributed by atoms with Crippen molar-refractivity contribution >= 4 is 23.9 Å². The van der Waals surface area contributed by atoms with E-state index < -0.39 is 30.5 Å². The van der Waals surface area contributed by atoms with Crippen LogP contribution in [0.25, 0.3) is 0 Å². The number of hydrogen-bond acceptors (Lipinski definition) is 8. The molecule has 0 amide bonds. The summed E-state index contributed by atoms with van der Waals surface area (Å²) in [5, 5.41) is 0. The lowest BCUT2D eigenvalue weighted by Crippen LogP contribution is -2.20. The van der Waals surface area contributed by atoms with E-state index >= 15 is 0 Å². The minimum atomic E-state index is -1.02. The Morgan fingerprint density at radius 2 is 1.52 bits per heavy atom. The van der Waals surface area contributed by atoms with Crippen molar-refractivity contribution in [2.75, 3.05) is 20.3 Å². The maximum atomic E-state index is 11.6. The lowest BCUT2D eigenvalue weighted by Gasteiger charge is -2.04. The van der Waals surface area contributed by atoms with Crippen LogP contribution >= 0.6 is 0 Å². The van der Waals surface area contributed by atoms with Gasteiger partial charge in [0.15, 0.2) is 6.61 Å². The molecule has 0 bridgehead atoms. The van der Waals surface area contributed by atoms with E-state index in [0.29, 0.717) is 11.3 Å². The molecule has 0 radical (unpaired) electrons. The van der Waals surface area contributed by atoms with Gasteiger partial charge in [0.25, 0.3) is 0 Å². The first-order valence-corrected chi connectivity index (χ1v) is 7.32. The van der Waals surface area contributed by atoms with Gasteiger partial charge in [-0.25, -0.2) is 14.4 Å². The fraction of sp³-hybridized carbons (Fsp3) is 0.294. The topological polar surface area (TPSA) is 105 Å². The van der Waals surface area contributed by atoms with Gasteiger partial charge in [0, 0.05) is 12.2 Å². The largest absolute Gasteiger partial charge is 0.497 e. The number of carbonyl (C=O) groups is 4. The number of methoxy groups -OCH3 is 1. The van der Waals surface area contributed by atoms with Crippen molar-refractivity contribution in [2.45, 2.75) is 13.3 Å². The molecule has 8 nitrogen and oxygen atoms in total. The first kappa shape index (κ1) is 19.9. The van der Waals surface area contributed by atoms with E-state index in [-0.39, 0.29) is 13.0 Å². The van der Waals surface area contributed by atoms with E-state index in [1.807, 2.05) is 0 Å². The van der Waals surface area contributed by atoms with Crippen LogP contribution in [0.3, 0.4) is 0 Å². The molecule has 0 N–H and O–H groups in total. The van der Waals surface area contributed by atoms with Gasteiger partial charge in [0.1, 0.15) is 5.75 Å². The van der Waals surface area contributed by atoms with Gasteiger partial charge in [-0.2, -0.15) is 0 Å². The third-order valence-corrected chi connectivity index (χ3v) is 2.71. The van der Waals surface area contributed by atoms with E-state index in [0.717, 1.165) is 12.2 Å². The van der Waals surface area contributed by atoms with Crippen LogP contribution in [0.2, 0.25) is 0 Å². The number of benzene rings is 1. The molecule has 0 fully saturated rings. The summed E-state index contributed by atoms with van der Waals surface area (Å²) in [6.07, 6.45) is 1.56. The fourth-order valence-electron chi connectivity index (χ4n) is 1.61. The average molecular weight is 350 g/mol. The smallest absolute Gasteiger partial charge is 0.351 e. The molecular weight excluding hydrogens is 332 g/mol. The second-order valence-electron chi connectivity index (χ2n) is 4.56. The third kappa shape index (κ3) is 8.31. The number of esters is 4. The minimum Gasteiger partial charge on any atom is -0.497 e. The molecular formula is C17H18O8. The van der Waals surface area contributed by atoms with Gasteiger partial charge in [-0.1, -0.05) is 12.1 Å². The van der Waals surface area contributed by atoms with E-state index in [1.54, 1.807) is 31.2 Å². The molecule has 0 aliphatic carbocycles. The van der Waals surface area contributed by atoms with Crippen LogP contribution in [-0.4, -0.2) is 44.2 Å². The Bertz CT molecular complexity index is 645. The number of ether oxygens (including phenoxy) is 4. The molecule has 0 aliphatic heterocycles. The van der Waals surface area contributed by atoms with Crippen molar-refractivity contribution in [3.8, 4) is 5.75 Å². The maximum Gasteiger partial charge on any atom is 0.351 e. The van der Waals surface area contributed by atoms with Crippen molar-refractivity contribution < 1.29 is 38.1 Å². The first-order chi connectivity index (χ1) is 11.9. The van der Waals surface area contributed by atoms with Crippen LogP contribution in [0.4, 0.5) is 0 Å². The van der Waals surface area contributed by atoms with Crippen LogP contribution in [0.5, 0.6) is 5.75 Å². The molecule has 0 unspecified atom stereocenters. The van der Waals surface area contributed by atoms with Crippen molar-refractivity contribution in [1.82, 2.24) is 0 Å². The van der Waals surface area contributed by atoms with Crippen molar-refractivity contribution in [3.63, 3.8) is 0 Å². The van der Waals surface area contributed by atoms with Crippen molar-refractivity contribution in [2.24, 2.45) is 0 Å². The van der Waals surface area contributed by atoms with E-state index in [1.165, 1.54) is 7.11 Å². The highest BCUT2D eigenvalue weighted by Gasteiger charge is 2.13. The van der Waals surface area contributed by atoms with Crippen molar-refractivity contribution in [1.29, 1.82) is 0 Å². The molecule has 134 valence electrons. The highest BCUT2D eigenvalue weighted by molar-refractivity contribution is 5.93. The molecule has 25 heavy (non-hydrogen) atoms. The highest BCUT2D eigenvalue weighted by atomic mass is 16.6. The maximum absolute atomic E-state index is 11.6. The standard InChI is InChI=1S/C17H18O8/c1-3-23-14(18)8-9-15(19)24-11-17(21)25-16(20)10-12-4-6-13(22-2)7-5-12/h4-9H,3,10-11H2,1-2H3/b9-8+. The molecule has 0 saturated carbocycles. The zero-order valence-electron chi connectivity index (χ0n) is 13.9. The van der Waals surface area contributed by atoms with Crippen LogP contribution in [-0.2, 0) is 39.8 Å². The monoisotopic (exact) mass is 350 g/mol. The fourth-order valence-corrected chi connectivity index (χ4v) is 1.61. The SMILES string of the molecule is CCOC(=O)/C=C/C(=O)OCC(=O)OC(=O)Cc1ccc(OC)cc1. The zero-order chi connectivity index (χ0) is 18.7. The highest BCUT2D eigenvalue weighted by Crippen LogP contribution is 2.12. The number of carbonyl (C=O) groups excluding carboxylic acids is 4. The van der Waals surface area contributed by atoms with Crippen LogP contribution in [0.1, 0.15) is 12.5 Å². The summed E-state index contributed by atoms with van der Waals surface area (Å²) in [5.41, 5.74) is 0.632. The minimum absolute atomic E-state index is 0.119. The Balaban J connectivity index is 2.34. The Morgan fingerprint density at radius 1 is 0.920 bits per heavy atom. The molecule has 1 aromatic carbocycles. The average Bonchev–Trinajstić information content (AvgIpc) is 2.59. The van der Waals surface area contributed by atoms with Crippen LogP contribution in [0.15, 0.2) is 36.4 Å². The number of rotatable bonds is 8. The van der Waals surface area contributed by atoms with Gasteiger partial charge in [-0.05, 0) is 24.6 Å². The van der Waals surface area contributed by atoms with E-state index in [9.17, 15) is 19.2 Å². The zero-order valence-corrected chi connectivity index (χ0v) is 13.9. The second kappa shape index (κ2) is 10.6. The Kier molecular flexibility index (Phi) is 8.42. The summed E-state index contributed by atoms with van der Waals surface area (Å²) in [4.78, 5) is 45.3. The van der Waals surface area contributed by atoms with E-state index in [2.05, 4.69) is 14.2 Å². The van der Waals surface area contributed by atoms with E-state index in [4.69, 9.17) is 4.74 Å². The van der Waals surface area contributed by atoms with Gasteiger partial charge in [0.05, 0.1) is 20.1 Å². The Morgan fingerprint density at radius 3 is 2.08 bits per heavy atom. The lowest BCUT2D eigenvalue weighted by atomic mass is 10.1.